The summed E-state index contributed by atoms with van der Waals surface area (Å²) in [6.07, 6.45) is 6.88. The van der Waals surface area contributed by atoms with Gasteiger partial charge in [-0.05, 0) is 92.0 Å². The number of esters is 1. The van der Waals surface area contributed by atoms with Crippen molar-refractivity contribution in [1.29, 1.82) is 0 Å². The molecule has 0 amide bonds. The Balaban J connectivity index is 1.67. The Morgan fingerprint density at radius 3 is 2.79 bits per heavy atom. The summed E-state index contributed by atoms with van der Waals surface area (Å²) in [5, 5.41) is 9.93. The molecule has 3 nitrogen and oxygen atoms in total. The smallest absolute Gasteiger partial charge is 0.302 e. The highest BCUT2D eigenvalue weighted by molar-refractivity contribution is 5.66. The van der Waals surface area contributed by atoms with Gasteiger partial charge in [0.25, 0.3) is 0 Å². The second-order valence-electron chi connectivity index (χ2n) is 8.47. The van der Waals surface area contributed by atoms with Crippen molar-refractivity contribution in [2.45, 2.75) is 71.3 Å². The van der Waals surface area contributed by atoms with E-state index in [0.29, 0.717) is 23.5 Å². The van der Waals surface area contributed by atoms with Crippen LogP contribution >= 0.6 is 0 Å². The van der Waals surface area contributed by atoms with Crippen LogP contribution in [0.15, 0.2) is 12.1 Å². The van der Waals surface area contributed by atoms with Gasteiger partial charge in [-0.15, -0.1) is 0 Å². The van der Waals surface area contributed by atoms with Gasteiger partial charge in [-0.2, -0.15) is 0 Å². The standard InChI is InChI=1S/C21H28O3/c1-12-10-15(23)11-14-4-5-16-17(20(12)14)8-9-21(3)18(16)6-7-19(21)24-13(2)22/h10-11,16-19,23H,4-9H2,1-3H3/t16-,17+,18+,19?,21+/m1/s1. The van der Waals surface area contributed by atoms with Crippen molar-refractivity contribution in [2.24, 2.45) is 17.3 Å². The van der Waals surface area contributed by atoms with E-state index in [1.54, 1.807) is 0 Å². The number of carbonyl (C=O) groups excluding carboxylic acids is 1. The Kier molecular flexibility index (Phi) is 3.67. The van der Waals surface area contributed by atoms with Crippen molar-refractivity contribution < 1.29 is 14.6 Å². The molecule has 0 saturated heterocycles. The lowest BCUT2D eigenvalue weighted by Gasteiger charge is -2.50. The molecule has 1 unspecified atom stereocenters. The minimum atomic E-state index is -0.135. The van der Waals surface area contributed by atoms with E-state index in [1.807, 2.05) is 12.1 Å². The summed E-state index contributed by atoms with van der Waals surface area (Å²) >= 11 is 0. The predicted octanol–water partition coefficient (Wildman–Crippen LogP) is 4.49. The predicted molar refractivity (Wildman–Crippen MR) is 93.0 cm³/mol. The highest BCUT2D eigenvalue weighted by Crippen LogP contribution is 2.62. The third-order valence-electron chi connectivity index (χ3n) is 7.23. The molecular weight excluding hydrogens is 300 g/mol. The Hall–Kier alpha value is -1.51. The number of aromatic hydroxyl groups is 1. The molecule has 4 rings (SSSR count). The Morgan fingerprint density at radius 2 is 2.04 bits per heavy atom. The average molecular weight is 328 g/mol. The van der Waals surface area contributed by atoms with Crippen molar-refractivity contribution in [1.82, 2.24) is 0 Å². The summed E-state index contributed by atoms with van der Waals surface area (Å²) in [6, 6.07) is 3.90. The Labute approximate surface area is 144 Å². The number of carbonyl (C=O) groups is 1. The van der Waals surface area contributed by atoms with Crippen LogP contribution in [0.25, 0.3) is 0 Å². The second-order valence-corrected chi connectivity index (χ2v) is 8.47. The zero-order chi connectivity index (χ0) is 17.1. The zero-order valence-corrected chi connectivity index (χ0v) is 15.0. The first-order chi connectivity index (χ1) is 11.4. The monoisotopic (exact) mass is 328 g/mol. The SMILES string of the molecule is CC(=O)OC1CC[C@H]2[C@@H]3CCc4cc(O)cc(C)c4[C@H]3CC[C@]12C. The number of rotatable bonds is 1. The molecule has 1 aromatic rings. The van der Waals surface area contributed by atoms with E-state index < -0.39 is 0 Å². The summed E-state index contributed by atoms with van der Waals surface area (Å²) in [7, 11) is 0. The van der Waals surface area contributed by atoms with Gasteiger partial charge >= 0.3 is 5.97 Å². The quantitative estimate of drug-likeness (QED) is 0.773. The van der Waals surface area contributed by atoms with Crippen LogP contribution < -0.4 is 0 Å². The average Bonchev–Trinajstić information content (AvgIpc) is 2.83. The fourth-order valence-electron chi connectivity index (χ4n) is 6.30. The Morgan fingerprint density at radius 1 is 1.25 bits per heavy atom. The van der Waals surface area contributed by atoms with Crippen LogP contribution in [-0.4, -0.2) is 17.2 Å². The van der Waals surface area contributed by atoms with Crippen LogP contribution in [0.2, 0.25) is 0 Å². The molecule has 130 valence electrons. The lowest BCUT2D eigenvalue weighted by Crippen LogP contribution is -2.45. The number of fused-ring (bicyclic) bond motifs is 5. The van der Waals surface area contributed by atoms with Gasteiger partial charge in [0.15, 0.2) is 0 Å². The minimum Gasteiger partial charge on any atom is -0.508 e. The second kappa shape index (κ2) is 5.50. The largest absolute Gasteiger partial charge is 0.508 e. The zero-order valence-electron chi connectivity index (χ0n) is 15.0. The molecule has 3 aliphatic rings. The van der Waals surface area contributed by atoms with Gasteiger partial charge < -0.3 is 9.84 Å². The lowest BCUT2D eigenvalue weighted by atomic mass is 9.55. The molecule has 1 N–H and O–H groups in total. The fourth-order valence-corrected chi connectivity index (χ4v) is 6.30. The van der Waals surface area contributed by atoms with Crippen LogP contribution in [0, 0.1) is 24.2 Å². The van der Waals surface area contributed by atoms with E-state index in [-0.39, 0.29) is 17.5 Å². The van der Waals surface area contributed by atoms with Gasteiger partial charge in [0.1, 0.15) is 11.9 Å². The molecule has 3 aliphatic carbocycles. The van der Waals surface area contributed by atoms with Gasteiger partial charge in [-0.1, -0.05) is 6.92 Å². The molecule has 5 atom stereocenters. The molecule has 0 aliphatic heterocycles. The van der Waals surface area contributed by atoms with Crippen molar-refractivity contribution in [3.05, 3.63) is 28.8 Å². The van der Waals surface area contributed by atoms with E-state index in [2.05, 4.69) is 13.8 Å². The van der Waals surface area contributed by atoms with Gasteiger partial charge in [-0.25, -0.2) is 0 Å². The lowest BCUT2D eigenvalue weighted by molar-refractivity contribution is -0.154. The van der Waals surface area contributed by atoms with Crippen LogP contribution in [0.1, 0.15) is 68.6 Å². The molecule has 2 fully saturated rings. The van der Waals surface area contributed by atoms with Crippen LogP contribution in [0.5, 0.6) is 5.75 Å². The third kappa shape index (κ3) is 2.28. The number of phenolic OH excluding ortho intramolecular Hbond substituents is 1. The van der Waals surface area contributed by atoms with Crippen molar-refractivity contribution in [2.75, 3.05) is 0 Å². The van der Waals surface area contributed by atoms with E-state index in [1.165, 1.54) is 42.9 Å². The molecule has 24 heavy (non-hydrogen) atoms. The van der Waals surface area contributed by atoms with Crippen LogP contribution in [0.4, 0.5) is 0 Å². The van der Waals surface area contributed by atoms with Crippen molar-refractivity contribution >= 4 is 5.97 Å². The van der Waals surface area contributed by atoms with E-state index in [0.717, 1.165) is 19.3 Å². The van der Waals surface area contributed by atoms with Crippen molar-refractivity contribution in [3.8, 4) is 5.75 Å². The molecule has 3 heteroatoms. The first-order valence-electron chi connectivity index (χ1n) is 9.40. The molecular formula is C21H28O3. The number of phenols is 1. The highest BCUT2D eigenvalue weighted by Gasteiger charge is 2.56. The van der Waals surface area contributed by atoms with Gasteiger partial charge in [-0.3, -0.25) is 4.79 Å². The number of benzene rings is 1. The third-order valence-corrected chi connectivity index (χ3v) is 7.23. The summed E-state index contributed by atoms with van der Waals surface area (Å²) in [6.45, 7) is 6.04. The van der Waals surface area contributed by atoms with Gasteiger partial charge in [0, 0.05) is 12.3 Å². The van der Waals surface area contributed by atoms with E-state index in [4.69, 9.17) is 4.74 Å². The molecule has 0 heterocycles. The van der Waals surface area contributed by atoms with Gasteiger partial charge in [0.05, 0.1) is 0 Å². The maximum absolute atomic E-state index is 11.5. The molecule has 0 bridgehead atoms. The summed E-state index contributed by atoms with van der Waals surface area (Å²) < 4.78 is 5.70. The van der Waals surface area contributed by atoms with Crippen LogP contribution in [0.3, 0.4) is 0 Å². The number of hydrogen-bond acceptors (Lipinski definition) is 3. The first-order valence-corrected chi connectivity index (χ1v) is 9.40. The normalized spacial score (nSPS) is 37.3. The maximum Gasteiger partial charge on any atom is 0.302 e. The summed E-state index contributed by atoms with van der Waals surface area (Å²) in [5.41, 5.74) is 4.25. The van der Waals surface area contributed by atoms with E-state index in [9.17, 15) is 9.90 Å². The highest BCUT2D eigenvalue weighted by atomic mass is 16.5. The van der Waals surface area contributed by atoms with Crippen molar-refractivity contribution in [3.63, 3.8) is 0 Å². The Bertz CT molecular complexity index is 680. The van der Waals surface area contributed by atoms with Gasteiger partial charge in [0.2, 0.25) is 0 Å². The fraction of sp³-hybridized carbons (Fsp3) is 0.667. The maximum atomic E-state index is 11.5. The minimum absolute atomic E-state index is 0.100. The molecule has 1 aromatic carbocycles. The molecule has 0 spiro atoms. The topological polar surface area (TPSA) is 46.5 Å². The summed E-state index contributed by atoms with van der Waals surface area (Å²) in [4.78, 5) is 11.5. The number of aryl methyl sites for hydroxylation is 2. The first kappa shape index (κ1) is 16.0. The number of hydrogen-bond donors (Lipinski definition) is 1. The molecule has 0 radical (unpaired) electrons. The van der Waals surface area contributed by atoms with Crippen LogP contribution in [-0.2, 0) is 16.0 Å². The van der Waals surface area contributed by atoms with E-state index >= 15 is 0 Å². The molecule has 0 aromatic heterocycles. The summed E-state index contributed by atoms with van der Waals surface area (Å²) in [5.74, 6) is 2.23. The number of ether oxygens (including phenoxy) is 1. The molecule has 2 saturated carbocycles.